The molecule has 4 nitrogen and oxygen atoms in total. The van der Waals surface area contributed by atoms with Crippen molar-refractivity contribution in [3.8, 4) is 0 Å². The topological polar surface area (TPSA) is 49.5 Å². The van der Waals surface area contributed by atoms with Crippen molar-refractivity contribution < 1.29 is 14.6 Å². The van der Waals surface area contributed by atoms with Crippen LogP contribution in [0.4, 0.5) is 0 Å². The van der Waals surface area contributed by atoms with Gasteiger partial charge in [-0.1, -0.05) is 13.8 Å². The molecule has 2 aliphatic rings. The maximum Gasteiger partial charge on any atom is 0.331 e. The van der Waals surface area contributed by atoms with Gasteiger partial charge in [-0.25, -0.2) is 4.79 Å². The molecule has 0 radical (unpaired) electrons. The average Bonchev–Trinajstić information content (AvgIpc) is 3.09. The highest BCUT2D eigenvalue weighted by atomic mass is 16.5. The number of rotatable bonds is 5. The summed E-state index contributed by atoms with van der Waals surface area (Å²) >= 11 is 0. The number of carbonyl (C=O) groups is 1. The summed E-state index contributed by atoms with van der Waals surface area (Å²) in [4.78, 5) is 13.7. The lowest BCUT2D eigenvalue weighted by atomic mass is 9.97. The second kappa shape index (κ2) is 5.49. The van der Waals surface area contributed by atoms with E-state index in [-0.39, 0.29) is 17.7 Å². The normalized spacial score (nSPS) is 32.8. The fourth-order valence-electron chi connectivity index (χ4n) is 3.41. The van der Waals surface area contributed by atoms with Crippen LogP contribution in [-0.2, 0) is 9.53 Å². The van der Waals surface area contributed by atoms with Crippen molar-refractivity contribution in [2.75, 3.05) is 0 Å². The van der Waals surface area contributed by atoms with Crippen molar-refractivity contribution in [3.63, 3.8) is 0 Å². The fraction of sp³-hybridized carbons (Fsp3) is 0.812. The molecule has 0 aromatic carbocycles. The molecule has 1 unspecified atom stereocenters. The van der Waals surface area contributed by atoms with Gasteiger partial charge in [-0.3, -0.25) is 4.90 Å². The van der Waals surface area contributed by atoms with Crippen molar-refractivity contribution in [1.29, 1.82) is 0 Å². The molecule has 1 heterocycles. The third kappa shape index (κ3) is 2.91. The average molecular weight is 281 g/mol. The molecular weight excluding hydrogens is 254 g/mol. The first-order valence-corrected chi connectivity index (χ1v) is 7.67. The van der Waals surface area contributed by atoms with Gasteiger partial charge in [-0.05, 0) is 46.1 Å². The number of carboxylic acids is 1. The zero-order chi connectivity index (χ0) is 15.1. The number of fused-ring (bicyclic) bond motifs is 1. The van der Waals surface area contributed by atoms with E-state index < -0.39 is 5.97 Å². The monoisotopic (exact) mass is 281 g/mol. The number of nitrogens with zero attached hydrogens (tertiary/aromatic N) is 1. The van der Waals surface area contributed by atoms with E-state index in [1.165, 1.54) is 0 Å². The molecule has 1 aliphatic carbocycles. The number of hydrogen-bond donors (Lipinski definition) is 1. The molecule has 0 bridgehead atoms. The number of ether oxygens (including phenoxy) is 1. The molecule has 0 aromatic heterocycles. The zero-order valence-electron chi connectivity index (χ0n) is 13.2. The molecule has 1 aliphatic heterocycles. The van der Waals surface area contributed by atoms with Crippen molar-refractivity contribution in [1.82, 2.24) is 4.90 Å². The Labute approximate surface area is 121 Å². The van der Waals surface area contributed by atoms with Crippen LogP contribution >= 0.6 is 0 Å². The lowest BCUT2D eigenvalue weighted by Gasteiger charge is -2.26. The van der Waals surface area contributed by atoms with Crippen molar-refractivity contribution in [3.05, 3.63) is 11.6 Å². The lowest BCUT2D eigenvalue weighted by Crippen LogP contribution is -2.33. The van der Waals surface area contributed by atoms with Crippen LogP contribution in [0, 0.1) is 0 Å². The molecule has 1 N–H and O–H groups in total. The molecule has 0 amide bonds. The Morgan fingerprint density at radius 3 is 2.50 bits per heavy atom. The van der Waals surface area contributed by atoms with Crippen LogP contribution in [0.2, 0.25) is 0 Å². The third-order valence-electron chi connectivity index (χ3n) is 4.42. The van der Waals surface area contributed by atoms with E-state index in [1.54, 1.807) is 0 Å². The van der Waals surface area contributed by atoms with E-state index in [0.717, 1.165) is 12.8 Å². The van der Waals surface area contributed by atoms with Gasteiger partial charge in [0.1, 0.15) is 0 Å². The highest BCUT2D eigenvalue weighted by molar-refractivity contribution is 5.87. The molecule has 4 atom stereocenters. The van der Waals surface area contributed by atoms with Gasteiger partial charge in [0.15, 0.2) is 0 Å². The third-order valence-corrected chi connectivity index (χ3v) is 4.42. The van der Waals surface area contributed by atoms with Crippen LogP contribution in [0.25, 0.3) is 0 Å². The summed E-state index contributed by atoms with van der Waals surface area (Å²) in [6.45, 7) is 10.8. The predicted molar refractivity (Wildman–Crippen MR) is 78.7 cm³/mol. The van der Waals surface area contributed by atoms with Crippen molar-refractivity contribution >= 4 is 5.97 Å². The Balaban J connectivity index is 2.17. The summed E-state index contributed by atoms with van der Waals surface area (Å²) in [5.41, 5.74) is 0.570. The van der Waals surface area contributed by atoms with E-state index in [4.69, 9.17) is 4.74 Å². The predicted octanol–water partition coefficient (Wildman–Crippen LogP) is 2.83. The van der Waals surface area contributed by atoms with Crippen LogP contribution < -0.4 is 0 Å². The number of hydrogen-bond acceptors (Lipinski definition) is 3. The first kappa shape index (κ1) is 15.5. The van der Waals surface area contributed by atoms with Crippen LogP contribution in [0.1, 0.15) is 53.9 Å². The van der Waals surface area contributed by atoms with Crippen LogP contribution in [0.5, 0.6) is 0 Å². The molecular formula is C16H27NO3. The van der Waals surface area contributed by atoms with E-state index in [2.05, 4.69) is 39.5 Å². The maximum atomic E-state index is 11.3. The largest absolute Gasteiger partial charge is 0.478 e. The molecule has 20 heavy (non-hydrogen) atoms. The molecule has 1 saturated heterocycles. The van der Waals surface area contributed by atoms with Gasteiger partial charge in [0, 0.05) is 17.2 Å². The van der Waals surface area contributed by atoms with Gasteiger partial charge in [0.05, 0.1) is 18.2 Å². The molecule has 0 saturated carbocycles. The minimum Gasteiger partial charge on any atom is -0.478 e. The number of carboxylic acid groups (broad SMARTS) is 1. The standard InChI is InChI=1S/C16H27NO3/c1-6-11(7-2)20-13-9-10(15(18)19)8-12-14(13)17(12)16(3,4)5/h9,11-14H,6-8H2,1-5H3,(H,18,19)/t12-,13-,14-,17?/m1/s1. The summed E-state index contributed by atoms with van der Waals surface area (Å²) in [7, 11) is 0. The van der Waals surface area contributed by atoms with E-state index in [1.807, 2.05) is 6.08 Å². The first-order chi connectivity index (χ1) is 9.29. The Hall–Kier alpha value is -0.870. The molecule has 1 fully saturated rings. The number of aliphatic carboxylic acids is 1. The van der Waals surface area contributed by atoms with Crippen molar-refractivity contribution in [2.24, 2.45) is 0 Å². The van der Waals surface area contributed by atoms with Crippen molar-refractivity contribution in [2.45, 2.75) is 83.7 Å². The van der Waals surface area contributed by atoms with Gasteiger partial charge in [0.2, 0.25) is 0 Å². The van der Waals surface area contributed by atoms with E-state index >= 15 is 0 Å². The summed E-state index contributed by atoms with van der Waals surface area (Å²) in [6.07, 6.45) is 4.55. The minimum atomic E-state index is -0.803. The molecule has 114 valence electrons. The van der Waals surface area contributed by atoms with E-state index in [9.17, 15) is 9.90 Å². The second-order valence-electron chi connectivity index (χ2n) is 6.88. The van der Waals surface area contributed by atoms with Gasteiger partial charge in [-0.15, -0.1) is 0 Å². The zero-order valence-corrected chi connectivity index (χ0v) is 13.2. The summed E-state index contributed by atoms with van der Waals surface area (Å²) in [5.74, 6) is -0.803. The highest BCUT2D eigenvalue weighted by Gasteiger charge is 2.59. The Morgan fingerprint density at radius 1 is 1.45 bits per heavy atom. The van der Waals surface area contributed by atoms with Crippen LogP contribution in [-0.4, -0.2) is 45.8 Å². The second-order valence-corrected chi connectivity index (χ2v) is 6.88. The lowest BCUT2D eigenvalue weighted by molar-refractivity contribution is -0.133. The first-order valence-electron chi connectivity index (χ1n) is 7.67. The maximum absolute atomic E-state index is 11.3. The van der Waals surface area contributed by atoms with Gasteiger partial charge < -0.3 is 9.84 Å². The quantitative estimate of drug-likeness (QED) is 0.787. The summed E-state index contributed by atoms with van der Waals surface area (Å²) in [5, 5.41) is 9.29. The minimum absolute atomic E-state index is 0.0622. The Bertz CT molecular complexity index is 406. The van der Waals surface area contributed by atoms with E-state index in [0.29, 0.717) is 24.1 Å². The summed E-state index contributed by atoms with van der Waals surface area (Å²) in [6, 6.07) is 0.671. The van der Waals surface area contributed by atoms with Crippen LogP contribution in [0.15, 0.2) is 11.6 Å². The van der Waals surface area contributed by atoms with Gasteiger partial charge in [0.25, 0.3) is 0 Å². The molecule has 4 heteroatoms. The fourth-order valence-corrected chi connectivity index (χ4v) is 3.41. The highest BCUT2D eigenvalue weighted by Crippen LogP contribution is 2.46. The smallest absolute Gasteiger partial charge is 0.331 e. The molecule has 2 rings (SSSR count). The van der Waals surface area contributed by atoms with Gasteiger partial charge >= 0.3 is 5.97 Å². The SMILES string of the molecule is CCC(CC)O[C@@H]1C=C(C(=O)O)C[C@@H]2[C@H]1N2C(C)(C)C. The molecule has 0 aromatic rings. The Kier molecular flexibility index (Phi) is 4.26. The Morgan fingerprint density at radius 2 is 2.05 bits per heavy atom. The van der Waals surface area contributed by atoms with Gasteiger partial charge in [-0.2, -0.15) is 0 Å². The summed E-state index contributed by atoms with van der Waals surface area (Å²) < 4.78 is 6.17. The van der Waals surface area contributed by atoms with Crippen LogP contribution in [0.3, 0.4) is 0 Å². The molecule has 0 spiro atoms.